The SMILES string of the molecule is CS(=O)(=O)OCC1CCC2(CC1)OCc1ccccc12. The lowest BCUT2D eigenvalue weighted by atomic mass is 9.75. The minimum Gasteiger partial charge on any atom is -0.366 e. The predicted octanol–water partition coefficient (Wildman–Crippen LogP) is 2.58. The third kappa shape index (κ3) is 2.75. The lowest BCUT2D eigenvalue weighted by Gasteiger charge is -2.37. The van der Waals surface area contributed by atoms with Gasteiger partial charge in [-0.25, -0.2) is 0 Å². The quantitative estimate of drug-likeness (QED) is 0.805. The van der Waals surface area contributed by atoms with E-state index in [1.807, 2.05) is 6.07 Å². The Hall–Kier alpha value is -0.910. The number of hydrogen-bond acceptors (Lipinski definition) is 4. The topological polar surface area (TPSA) is 52.6 Å². The highest BCUT2D eigenvalue weighted by Gasteiger charge is 2.42. The van der Waals surface area contributed by atoms with Crippen LogP contribution in [-0.4, -0.2) is 21.3 Å². The molecule has 2 aliphatic rings. The van der Waals surface area contributed by atoms with Gasteiger partial charge in [0.15, 0.2) is 0 Å². The van der Waals surface area contributed by atoms with Gasteiger partial charge in [0.05, 0.1) is 25.1 Å². The van der Waals surface area contributed by atoms with Crippen LogP contribution in [-0.2, 0) is 31.2 Å². The summed E-state index contributed by atoms with van der Waals surface area (Å²) in [5, 5.41) is 0. The largest absolute Gasteiger partial charge is 0.366 e. The van der Waals surface area contributed by atoms with E-state index in [0.717, 1.165) is 31.9 Å². The van der Waals surface area contributed by atoms with Gasteiger partial charge in [-0.3, -0.25) is 4.18 Å². The van der Waals surface area contributed by atoms with Crippen molar-refractivity contribution in [2.45, 2.75) is 37.9 Å². The first-order chi connectivity index (χ1) is 9.49. The second kappa shape index (κ2) is 5.13. The fraction of sp³-hybridized carbons (Fsp3) is 0.600. The summed E-state index contributed by atoms with van der Waals surface area (Å²) >= 11 is 0. The van der Waals surface area contributed by atoms with Gasteiger partial charge in [-0.15, -0.1) is 0 Å². The van der Waals surface area contributed by atoms with Crippen LogP contribution < -0.4 is 0 Å². The molecule has 1 saturated carbocycles. The van der Waals surface area contributed by atoms with Gasteiger partial charge in [0.25, 0.3) is 10.1 Å². The molecular weight excluding hydrogens is 276 g/mol. The van der Waals surface area contributed by atoms with Crippen LogP contribution in [0.5, 0.6) is 0 Å². The molecule has 0 radical (unpaired) electrons. The van der Waals surface area contributed by atoms with E-state index >= 15 is 0 Å². The Balaban J connectivity index is 1.65. The first kappa shape index (κ1) is 14.0. The number of ether oxygens (including phenoxy) is 1. The Morgan fingerprint density at radius 3 is 2.70 bits per heavy atom. The average Bonchev–Trinajstić information content (AvgIpc) is 2.77. The molecule has 1 fully saturated rings. The van der Waals surface area contributed by atoms with Crippen LogP contribution in [0.4, 0.5) is 0 Å². The van der Waals surface area contributed by atoms with Crippen LogP contribution >= 0.6 is 0 Å². The van der Waals surface area contributed by atoms with Crippen molar-refractivity contribution < 1.29 is 17.3 Å². The van der Waals surface area contributed by atoms with E-state index in [-0.39, 0.29) is 5.60 Å². The van der Waals surface area contributed by atoms with Crippen molar-refractivity contribution in [2.24, 2.45) is 5.92 Å². The smallest absolute Gasteiger partial charge is 0.264 e. The summed E-state index contributed by atoms with van der Waals surface area (Å²) in [4.78, 5) is 0. The first-order valence-electron chi connectivity index (χ1n) is 7.05. The van der Waals surface area contributed by atoms with Crippen LogP contribution in [0.3, 0.4) is 0 Å². The minimum atomic E-state index is -3.33. The standard InChI is InChI=1S/C15H20O4S/c1-20(16,17)19-10-12-6-8-15(9-7-12)14-5-3-2-4-13(14)11-18-15/h2-5,12H,6-11H2,1H3. The summed E-state index contributed by atoms with van der Waals surface area (Å²) in [6.07, 6.45) is 4.89. The fourth-order valence-electron chi connectivity index (χ4n) is 3.33. The third-order valence-corrected chi connectivity index (χ3v) is 5.01. The Morgan fingerprint density at radius 1 is 1.30 bits per heavy atom. The molecule has 0 aromatic heterocycles. The molecule has 5 heteroatoms. The van der Waals surface area contributed by atoms with Crippen LogP contribution in [0.15, 0.2) is 24.3 Å². The molecule has 110 valence electrons. The zero-order valence-electron chi connectivity index (χ0n) is 11.7. The van der Waals surface area contributed by atoms with Gasteiger partial charge in [-0.1, -0.05) is 24.3 Å². The van der Waals surface area contributed by atoms with Gasteiger partial charge >= 0.3 is 0 Å². The molecule has 1 aliphatic heterocycles. The highest BCUT2D eigenvalue weighted by molar-refractivity contribution is 7.85. The fourth-order valence-corrected chi connectivity index (χ4v) is 3.77. The molecule has 1 aromatic rings. The molecule has 4 nitrogen and oxygen atoms in total. The lowest BCUT2D eigenvalue weighted by molar-refractivity contribution is -0.0749. The molecule has 1 aromatic carbocycles. The van der Waals surface area contributed by atoms with Crippen LogP contribution in [0.2, 0.25) is 0 Å². The van der Waals surface area contributed by atoms with E-state index in [9.17, 15) is 8.42 Å². The lowest BCUT2D eigenvalue weighted by Crippen LogP contribution is -2.32. The number of fused-ring (bicyclic) bond motifs is 2. The summed E-state index contributed by atoms with van der Waals surface area (Å²) in [5.74, 6) is 0.312. The average molecular weight is 296 g/mol. The van der Waals surface area contributed by atoms with Crippen molar-refractivity contribution in [3.05, 3.63) is 35.4 Å². The molecule has 0 bridgehead atoms. The van der Waals surface area contributed by atoms with Crippen molar-refractivity contribution in [3.63, 3.8) is 0 Å². The van der Waals surface area contributed by atoms with Gasteiger partial charge in [0.1, 0.15) is 0 Å². The first-order valence-corrected chi connectivity index (χ1v) is 8.87. The van der Waals surface area contributed by atoms with Crippen molar-refractivity contribution in [1.82, 2.24) is 0 Å². The highest BCUT2D eigenvalue weighted by Crippen LogP contribution is 2.48. The molecule has 1 aliphatic carbocycles. The minimum absolute atomic E-state index is 0.141. The zero-order valence-corrected chi connectivity index (χ0v) is 12.5. The van der Waals surface area contributed by atoms with E-state index < -0.39 is 10.1 Å². The molecular formula is C15H20O4S. The Morgan fingerprint density at radius 2 is 2.00 bits per heavy atom. The highest BCUT2D eigenvalue weighted by atomic mass is 32.2. The molecule has 1 heterocycles. The van der Waals surface area contributed by atoms with Crippen molar-refractivity contribution in [1.29, 1.82) is 0 Å². The summed E-state index contributed by atoms with van der Waals surface area (Å²) in [5.41, 5.74) is 2.47. The van der Waals surface area contributed by atoms with E-state index in [1.54, 1.807) is 0 Å². The summed E-state index contributed by atoms with van der Waals surface area (Å²) in [7, 11) is -3.33. The zero-order chi connectivity index (χ0) is 14.2. The molecule has 3 rings (SSSR count). The Labute approximate surface area is 120 Å². The molecule has 0 saturated heterocycles. The molecule has 0 N–H and O–H groups in total. The number of hydrogen-bond donors (Lipinski definition) is 0. The van der Waals surface area contributed by atoms with E-state index in [2.05, 4.69) is 18.2 Å². The molecule has 20 heavy (non-hydrogen) atoms. The second-order valence-corrected chi connectivity index (χ2v) is 7.52. The van der Waals surface area contributed by atoms with Crippen LogP contribution in [0, 0.1) is 5.92 Å². The number of benzene rings is 1. The maximum absolute atomic E-state index is 11.0. The number of rotatable bonds is 3. The maximum Gasteiger partial charge on any atom is 0.264 e. The molecule has 1 spiro atoms. The molecule has 0 amide bonds. The summed E-state index contributed by atoms with van der Waals surface area (Å²) in [6.45, 7) is 0.997. The Kier molecular flexibility index (Phi) is 3.60. The predicted molar refractivity (Wildman–Crippen MR) is 75.7 cm³/mol. The van der Waals surface area contributed by atoms with Crippen molar-refractivity contribution in [3.8, 4) is 0 Å². The van der Waals surface area contributed by atoms with E-state index in [0.29, 0.717) is 19.1 Å². The molecule has 0 unspecified atom stereocenters. The van der Waals surface area contributed by atoms with Gasteiger partial charge in [-0.05, 0) is 42.7 Å². The van der Waals surface area contributed by atoms with Gasteiger partial charge in [0.2, 0.25) is 0 Å². The van der Waals surface area contributed by atoms with Crippen molar-refractivity contribution in [2.75, 3.05) is 12.9 Å². The monoisotopic (exact) mass is 296 g/mol. The summed E-state index contributed by atoms with van der Waals surface area (Å²) in [6, 6.07) is 8.40. The van der Waals surface area contributed by atoms with Crippen molar-refractivity contribution >= 4 is 10.1 Å². The van der Waals surface area contributed by atoms with E-state index in [4.69, 9.17) is 8.92 Å². The Bertz CT molecular complexity index is 586. The second-order valence-electron chi connectivity index (χ2n) is 5.87. The molecule has 0 atom stereocenters. The maximum atomic E-state index is 11.0. The van der Waals surface area contributed by atoms with Crippen LogP contribution in [0.25, 0.3) is 0 Å². The van der Waals surface area contributed by atoms with Gasteiger partial charge in [-0.2, -0.15) is 8.42 Å². The van der Waals surface area contributed by atoms with Gasteiger partial charge in [0, 0.05) is 0 Å². The normalized spacial score (nSPS) is 29.6. The van der Waals surface area contributed by atoms with Gasteiger partial charge < -0.3 is 4.74 Å². The van der Waals surface area contributed by atoms with Crippen LogP contribution in [0.1, 0.15) is 36.8 Å². The summed E-state index contributed by atoms with van der Waals surface area (Å²) < 4.78 is 33.1. The third-order valence-electron chi connectivity index (χ3n) is 4.44. The van der Waals surface area contributed by atoms with E-state index in [1.165, 1.54) is 11.1 Å².